The third-order valence-corrected chi connectivity index (χ3v) is 20.9. The predicted molar refractivity (Wildman–Crippen MR) is 405 cm³/mol. The smallest absolute Gasteiger partial charge is 0.462 e. The van der Waals surface area contributed by atoms with Crippen LogP contribution in [0.2, 0.25) is 0 Å². The van der Waals surface area contributed by atoms with Gasteiger partial charge in [0.15, 0.2) is 12.2 Å². The molecule has 99 heavy (non-hydrogen) atoms. The quantitative estimate of drug-likeness (QED) is 0.0222. The molecule has 0 spiro atoms. The minimum Gasteiger partial charge on any atom is -0.462 e. The Balaban J connectivity index is 5.21. The van der Waals surface area contributed by atoms with Crippen LogP contribution in [0.5, 0.6) is 0 Å². The Bertz CT molecular complexity index is 1920. The molecule has 588 valence electrons. The van der Waals surface area contributed by atoms with Gasteiger partial charge in [0.1, 0.15) is 19.3 Å². The van der Waals surface area contributed by atoms with Crippen LogP contribution in [0.15, 0.2) is 0 Å². The molecule has 3 N–H and O–H groups in total. The van der Waals surface area contributed by atoms with Crippen LogP contribution in [0, 0.1) is 17.8 Å². The molecule has 0 aliphatic carbocycles. The number of esters is 4. The van der Waals surface area contributed by atoms with Crippen LogP contribution in [-0.4, -0.2) is 96.7 Å². The van der Waals surface area contributed by atoms with Crippen LogP contribution in [0.1, 0.15) is 414 Å². The van der Waals surface area contributed by atoms with E-state index in [2.05, 4.69) is 48.5 Å². The fourth-order valence-corrected chi connectivity index (χ4v) is 13.9. The molecule has 0 fully saturated rings. The van der Waals surface area contributed by atoms with Crippen LogP contribution in [0.4, 0.5) is 0 Å². The molecule has 19 heteroatoms. The maximum Gasteiger partial charge on any atom is 0.472 e. The van der Waals surface area contributed by atoms with E-state index in [9.17, 15) is 43.2 Å². The summed E-state index contributed by atoms with van der Waals surface area (Å²) in [6.45, 7) is 12.0. The second-order valence-electron chi connectivity index (χ2n) is 30.0. The van der Waals surface area contributed by atoms with Crippen LogP contribution in [0.3, 0.4) is 0 Å². The Morgan fingerprint density at radius 1 is 0.293 bits per heavy atom. The molecular formula is C80H156O17P2. The average Bonchev–Trinajstić information content (AvgIpc) is 1.03. The van der Waals surface area contributed by atoms with E-state index in [1.165, 1.54) is 225 Å². The predicted octanol–water partition coefficient (Wildman–Crippen LogP) is 23.7. The molecule has 0 rings (SSSR count). The summed E-state index contributed by atoms with van der Waals surface area (Å²) in [6.07, 6.45) is 58.2. The summed E-state index contributed by atoms with van der Waals surface area (Å²) in [6, 6.07) is 0. The van der Waals surface area contributed by atoms with Gasteiger partial charge in [-0.3, -0.25) is 37.3 Å². The Labute approximate surface area is 607 Å². The average molecular weight is 1450 g/mol. The Morgan fingerprint density at radius 3 is 0.768 bits per heavy atom. The summed E-state index contributed by atoms with van der Waals surface area (Å²) in [5.74, 6) is 0.292. The minimum atomic E-state index is -4.96. The van der Waals surface area contributed by atoms with E-state index in [4.69, 9.17) is 37.0 Å². The zero-order chi connectivity index (χ0) is 73.0. The lowest BCUT2D eigenvalue weighted by atomic mass is 9.99. The Morgan fingerprint density at radius 2 is 0.515 bits per heavy atom. The molecule has 0 saturated heterocycles. The van der Waals surface area contributed by atoms with Gasteiger partial charge < -0.3 is 33.8 Å². The SMILES string of the molecule is CCCCCCCCCCCC(=O)OC[C@H](COP(=O)(O)OC[C@H](O)COP(=O)(O)OC[C@@H](COC(=O)CCCCCCCCCCCCCCC(C)C)OC(=O)CCCCCCCCCCCCCCCCCCCCC(C)C)OC(=O)CCCCCCCCCCCCC(C)CC. The van der Waals surface area contributed by atoms with Gasteiger partial charge in [-0.2, -0.15) is 0 Å². The summed E-state index contributed by atoms with van der Waals surface area (Å²) in [4.78, 5) is 72.9. The van der Waals surface area contributed by atoms with Gasteiger partial charge in [0.25, 0.3) is 0 Å². The normalized spacial score (nSPS) is 14.3. The second-order valence-corrected chi connectivity index (χ2v) is 32.9. The first-order valence-electron chi connectivity index (χ1n) is 41.4. The summed E-state index contributed by atoms with van der Waals surface area (Å²) in [5, 5.41) is 10.6. The molecule has 0 aliphatic heterocycles. The van der Waals surface area contributed by atoms with Crippen molar-refractivity contribution in [2.24, 2.45) is 17.8 Å². The highest BCUT2D eigenvalue weighted by Gasteiger charge is 2.30. The van der Waals surface area contributed by atoms with Crippen molar-refractivity contribution in [3.63, 3.8) is 0 Å². The van der Waals surface area contributed by atoms with Gasteiger partial charge >= 0.3 is 39.5 Å². The zero-order valence-corrected chi connectivity index (χ0v) is 66.8. The lowest BCUT2D eigenvalue weighted by molar-refractivity contribution is -0.161. The van der Waals surface area contributed by atoms with Gasteiger partial charge in [0.05, 0.1) is 26.4 Å². The van der Waals surface area contributed by atoms with Crippen LogP contribution >= 0.6 is 15.6 Å². The van der Waals surface area contributed by atoms with Crippen LogP contribution < -0.4 is 0 Å². The number of phosphoric acid groups is 2. The number of unbranched alkanes of at least 4 members (excludes halogenated alkanes) is 45. The van der Waals surface area contributed by atoms with E-state index in [0.717, 1.165) is 108 Å². The van der Waals surface area contributed by atoms with Crippen molar-refractivity contribution in [1.29, 1.82) is 0 Å². The van der Waals surface area contributed by atoms with Crippen LogP contribution in [-0.2, 0) is 65.4 Å². The van der Waals surface area contributed by atoms with Crippen molar-refractivity contribution in [2.45, 2.75) is 433 Å². The molecule has 3 unspecified atom stereocenters. The number of aliphatic hydroxyl groups excluding tert-OH is 1. The summed E-state index contributed by atoms with van der Waals surface area (Å²) in [7, 11) is -9.92. The van der Waals surface area contributed by atoms with Crippen molar-refractivity contribution >= 4 is 39.5 Å². The first kappa shape index (κ1) is 97.1. The first-order chi connectivity index (χ1) is 47.8. The number of phosphoric ester groups is 2. The molecule has 0 saturated carbocycles. The molecule has 0 bridgehead atoms. The van der Waals surface area contributed by atoms with E-state index in [-0.39, 0.29) is 25.7 Å². The largest absolute Gasteiger partial charge is 0.472 e. The number of carbonyl (C=O) groups is 4. The maximum atomic E-state index is 13.1. The molecule has 17 nitrogen and oxygen atoms in total. The van der Waals surface area contributed by atoms with Gasteiger partial charge in [-0.05, 0) is 43.4 Å². The molecule has 0 aromatic carbocycles. The lowest BCUT2D eigenvalue weighted by Crippen LogP contribution is -2.30. The van der Waals surface area contributed by atoms with Gasteiger partial charge in [-0.15, -0.1) is 0 Å². The zero-order valence-electron chi connectivity index (χ0n) is 65.0. The van der Waals surface area contributed by atoms with Gasteiger partial charge in [0, 0.05) is 25.7 Å². The highest BCUT2D eigenvalue weighted by molar-refractivity contribution is 7.47. The Hall–Kier alpha value is -1.94. The standard InChI is InChI=1S/C80H156O17P2/c1-8-10-11-12-13-30-40-47-54-61-77(82)90-67-75(97-80(85)64-57-50-43-36-29-28-33-39-46-53-60-73(7)9-2)69-94-98(86,87)92-65-74(81)66-93-99(88,89)95-70-76(68-91-78(83)62-55-48-41-34-26-23-22-25-32-38-45-52-59-72(5)6)96-79(84)63-56-49-42-35-27-21-19-17-15-14-16-18-20-24-31-37-44-51-58-71(3)4/h71-76,81H,8-70H2,1-7H3,(H,86,87)(H,88,89)/t73?,74-,75+,76+/m0/s1. The number of rotatable bonds is 78. The van der Waals surface area contributed by atoms with E-state index in [1.54, 1.807) is 0 Å². The number of hydrogen-bond acceptors (Lipinski definition) is 15. The maximum absolute atomic E-state index is 13.1. The number of hydrogen-bond donors (Lipinski definition) is 3. The minimum absolute atomic E-state index is 0.106. The summed E-state index contributed by atoms with van der Waals surface area (Å²) in [5.41, 5.74) is 0. The molecule has 0 aromatic rings. The molecule has 0 aromatic heterocycles. The summed E-state index contributed by atoms with van der Waals surface area (Å²) < 4.78 is 68.6. The van der Waals surface area contributed by atoms with E-state index in [0.29, 0.717) is 25.7 Å². The molecule has 0 radical (unpaired) electrons. The number of ether oxygens (including phenoxy) is 4. The second kappa shape index (κ2) is 70.4. The van der Waals surface area contributed by atoms with Crippen molar-refractivity contribution in [1.82, 2.24) is 0 Å². The first-order valence-corrected chi connectivity index (χ1v) is 44.4. The topological polar surface area (TPSA) is 237 Å². The molecule has 0 aliphatic rings. The van der Waals surface area contributed by atoms with E-state index >= 15 is 0 Å². The molecule has 0 amide bonds. The van der Waals surface area contributed by atoms with Gasteiger partial charge in [-0.25, -0.2) is 9.13 Å². The molecule has 0 heterocycles. The molecule has 6 atom stereocenters. The third kappa shape index (κ3) is 72.8. The Kier molecular flexibility index (Phi) is 69.0. The van der Waals surface area contributed by atoms with Crippen molar-refractivity contribution in [3.05, 3.63) is 0 Å². The molecular weight excluding hydrogens is 1290 g/mol. The third-order valence-electron chi connectivity index (χ3n) is 19.0. The number of carbonyl (C=O) groups excluding carboxylic acids is 4. The fraction of sp³-hybridized carbons (Fsp3) is 0.950. The van der Waals surface area contributed by atoms with Gasteiger partial charge in [-0.1, -0.05) is 363 Å². The van der Waals surface area contributed by atoms with E-state index < -0.39 is 97.5 Å². The highest BCUT2D eigenvalue weighted by atomic mass is 31.2. The van der Waals surface area contributed by atoms with Crippen molar-refractivity contribution in [2.75, 3.05) is 39.6 Å². The highest BCUT2D eigenvalue weighted by Crippen LogP contribution is 2.45. The van der Waals surface area contributed by atoms with E-state index in [1.807, 2.05) is 0 Å². The fourth-order valence-electron chi connectivity index (χ4n) is 12.3. The van der Waals surface area contributed by atoms with Crippen molar-refractivity contribution < 1.29 is 80.2 Å². The van der Waals surface area contributed by atoms with Crippen molar-refractivity contribution in [3.8, 4) is 0 Å². The van der Waals surface area contributed by atoms with Gasteiger partial charge in [0.2, 0.25) is 0 Å². The number of aliphatic hydroxyl groups is 1. The van der Waals surface area contributed by atoms with Crippen LogP contribution in [0.25, 0.3) is 0 Å². The summed E-state index contributed by atoms with van der Waals surface area (Å²) >= 11 is 0. The monoisotopic (exact) mass is 1450 g/mol. The lowest BCUT2D eigenvalue weighted by Gasteiger charge is -2.21.